The third kappa shape index (κ3) is 3.37. The van der Waals surface area contributed by atoms with E-state index in [9.17, 15) is 14.0 Å². The summed E-state index contributed by atoms with van der Waals surface area (Å²) in [6.45, 7) is 1.60. The Morgan fingerprint density at radius 1 is 1.22 bits per heavy atom. The lowest BCUT2D eigenvalue weighted by Gasteiger charge is -2.38. The monoisotopic (exact) mass is 321 g/mol. The minimum Gasteiger partial charge on any atom is -0.481 e. The quantitative estimate of drug-likeness (QED) is 0.866. The van der Waals surface area contributed by atoms with Crippen LogP contribution in [0, 0.1) is 17.7 Å². The lowest BCUT2D eigenvalue weighted by atomic mass is 9.74. The van der Waals surface area contributed by atoms with Crippen LogP contribution in [0.1, 0.15) is 24.8 Å². The summed E-state index contributed by atoms with van der Waals surface area (Å²) in [6, 6.07) is 6.36. The van der Waals surface area contributed by atoms with Gasteiger partial charge in [0.05, 0.1) is 11.8 Å². The maximum Gasteiger partial charge on any atom is 0.307 e. The molecule has 2 fully saturated rings. The van der Waals surface area contributed by atoms with Crippen molar-refractivity contribution in [1.29, 1.82) is 0 Å². The summed E-state index contributed by atoms with van der Waals surface area (Å²) >= 11 is 0. The second-order valence-electron chi connectivity index (χ2n) is 6.40. The van der Waals surface area contributed by atoms with E-state index >= 15 is 0 Å². The summed E-state index contributed by atoms with van der Waals surface area (Å²) < 4.78 is 18.6. The Morgan fingerprint density at radius 2 is 1.87 bits per heavy atom. The number of amides is 1. The number of hydrogen-bond donors (Lipinski definition) is 2. The molecule has 1 aliphatic carbocycles. The van der Waals surface area contributed by atoms with Crippen molar-refractivity contribution >= 4 is 11.9 Å². The molecule has 1 aliphatic heterocycles. The fourth-order valence-electron chi connectivity index (χ4n) is 3.28. The number of carboxylic acids is 1. The molecule has 2 aliphatic rings. The van der Waals surface area contributed by atoms with Crippen molar-refractivity contribution in [3.8, 4) is 0 Å². The lowest BCUT2D eigenvalue weighted by molar-refractivity contribution is -0.140. The van der Waals surface area contributed by atoms with Crippen LogP contribution >= 0.6 is 0 Å². The molecule has 6 heteroatoms. The van der Waals surface area contributed by atoms with Gasteiger partial charge >= 0.3 is 5.97 Å². The van der Waals surface area contributed by atoms with Gasteiger partial charge < -0.3 is 15.2 Å². The van der Waals surface area contributed by atoms with Gasteiger partial charge in [-0.15, -0.1) is 0 Å². The summed E-state index contributed by atoms with van der Waals surface area (Å²) in [4.78, 5) is 23.0. The van der Waals surface area contributed by atoms with Crippen molar-refractivity contribution in [2.45, 2.75) is 24.7 Å². The van der Waals surface area contributed by atoms with Crippen LogP contribution in [0.25, 0.3) is 0 Å². The Labute approximate surface area is 133 Å². The molecule has 124 valence electrons. The first-order valence-corrected chi connectivity index (χ1v) is 7.86. The van der Waals surface area contributed by atoms with E-state index in [4.69, 9.17) is 9.84 Å². The Bertz CT molecular complexity index is 595. The molecule has 5 nitrogen and oxygen atoms in total. The van der Waals surface area contributed by atoms with Crippen LogP contribution in [-0.4, -0.2) is 36.7 Å². The average Bonchev–Trinajstić information content (AvgIpc) is 3.35. The zero-order valence-corrected chi connectivity index (χ0v) is 12.8. The minimum absolute atomic E-state index is 0.203. The largest absolute Gasteiger partial charge is 0.481 e. The molecule has 0 bridgehead atoms. The highest BCUT2D eigenvalue weighted by Gasteiger charge is 2.48. The fourth-order valence-corrected chi connectivity index (χ4v) is 3.28. The van der Waals surface area contributed by atoms with Gasteiger partial charge in [0.1, 0.15) is 5.82 Å². The van der Waals surface area contributed by atoms with Crippen molar-refractivity contribution in [3.63, 3.8) is 0 Å². The van der Waals surface area contributed by atoms with Crippen molar-refractivity contribution in [2.24, 2.45) is 11.8 Å². The van der Waals surface area contributed by atoms with Crippen LogP contribution in [0.2, 0.25) is 0 Å². The molecule has 1 amide bonds. The first kappa shape index (κ1) is 15.9. The number of benzene rings is 1. The average molecular weight is 321 g/mol. The van der Waals surface area contributed by atoms with Gasteiger partial charge in [-0.2, -0.15) is 0 Å². The van der Waals surface area contributed by atoms with Crippen LogP contribution in [-0.2, 0) is 19.7 Å². The third-order valence-corrected chi connectivity index (χ3v) is 4.95. The number of aliphatic carboxylic acids is 1. The maximum absolute atomic E-state index is 13.2. The number of hydrogen-bond acceptors (Lipinski definition) is 3. The topological polar surface area (TPSA) is 75.6 Å². The fraction of sp³-hybridized carbons (Fsp3) is 0.529. The van der Waals surface area contributed by atoms with Crippen LogP contribution in [0.5, 0.6) is 0 Å². The van der Waals surface area contributed by atoms with Gasteiger partial charge in [-0.3, -0.25) is 9.59 Å². The standard InChI is InChI=1S/C17H20FNO4/c18-12-3-1-11(2-4-12)17(5-7-23-8-6-17)10-19-15(20)13-9-14(13)16(21)22/h1-4,13-14H,5-10H2,(H,19,20)(H,21,22). The Hall–Kier alpha value is -1.95. The number of carboxylic acid groups (broad SMARTS) is 1. The number of ether oxygens (including phenoxy) is 1. The Morgan fingerprint density at radius 3 is 2.43 bits per heavy atom. The molecule has 0 radical (unpaired) electrons. The van der Waals surface area contributed by atoms with E-state index in [-0.39, 0.29) is 17.1 Å². The van der Waals surface area contributed by atoms with Crippen molar-refractivity contribution in [3.05, 3.63) is 35.6 Å². The smallest absolute Gasteiger partial charge is 0.307 e. The van der Waals surface area contributed by atoms with Gasteiger partial charge in [0.2, 0.25) is 5.91 Å². The Balaban J connectivity index is 1.69. The molecular formula is C17H20FNO4. The van der Waals surface area contributed by atoms with Crippen LogP contribution in [0.4, 0.5) is 4.39 Å². The van der Waals surface area contributed by atoms with Gasteiger partial charge in [-0.1, -0.05) is 12.1 Å². The Kier molecular flexibility index (Phi) is 4.35. The second kappa shape index (κ2) is 6.28. The maximum atomic E-state index is 13.2. The lowest BCUT2D eigenvalue weighted by Crippen LogP contribution is -2.45. The molecule has 1 heterocycles. The minimum atomic E-state index is -0.913. The van der Waals surface area contributed by atoms with Gasteiger partial charge in [-0.25, -0.2) is 4.39 Å². The highest BCUT2D eigenvalue weighted by molar-refractivity contribution is 5.89. The summed E-state index contributed by atoms with van der Waals surface area (Å²) in [7, 11) is 0. The van der Waals surface area contributed by atoms with Gasteiger partial charge in [0, 0.05) is 25.2 Å². The molecule has 1 aromatic rings. The molecule has 23 heavy (non-hydrogen) atoms. The summed E-state index contributed by atoms with van der Waals surface area (Å²) in [6.07, 6.45) is 1.89. The molecule has 0 spiro atoms. The highest BCUT2D eigenvalue weighted by atomic mass is 19.1. The van der Waals surface area contributed by atoms with Gasteiger partial charge in [-0.05, 0) is 37.0 Å². The molecule has 3 rings (SSSR count). The predicted molar refractivity (Wildman–Crippen MR) is 80.4 cm³/mol. The van der Waals surface area contributed by atoms with Crippen molar-refractivity contribution < 1.29 is 23.8 Å². The van der Waals surface area contributed by atoms with E-state index < -0.39 is 17.8 Å². The molecule has 2 atom stereocenters. The van der Waals surface area contributed by atoms with Crippen molar-refractivity contribution in [2.75, 3.05) is 19.8 Å². The number of carbonyl (C=O) groups excluding carboxylic acids is 1. The van der Waals surface area contributed by atoms with Crippen LogP contribution < -0.4 is 5.32 Å². The third-order valence-electron chi connectivity index (χ3n) is 4.95. The summed E-state index contributed by atoms with van der Waals surface area (Å²) in [5.41, 5.74) is 0.697. The summed E-state index contributed by atoms with van der Waals surface area (Å²) in [5.74, 6) is -2.37. The van der Waals surface area contributed by atoms with Gasteiger partial charge in [0.25, 0.3) is 0 Å². The molecule has 1 saturated heterocycles. The van der Waals surface area contributed by atoms with E-state index in [2.05, 4.69) is 5.32 Å². The summed E-state index contributed by atoms with van der Waals surface area (Å²) in [5, 5.41) is 11.8. The molecular weight excluding hydrogens is 301 g/mol. The second-order valence-corrected chi connectivity index (χ2v) is 6.40. The van der Waals surface area contributed by atoms with E-state index in [0.29, 0.717) is 26.2 Å². The normalized spacial score (nSPS) is 25.6. The first-order chi connectivity index (χ1) is 11.0. The first-order valence-electron chi connectivity index (χ1n) is 7.86. The zero-order chi connectivity index (χ0) is 16.4. The van der Waals surface area contributed by atoms with Crippen molar-refractivity contribution in [1.82, 2.24) is 5.32 Å². The van der Waals surface area contributed by atoms with E-state index in [1.54, 1.807) is 12.1 Å². The molecule has 1 saturated carbocycles. The van der Waals surface area contributed by atoms with E-state index in [0.717, 1.165) is 18.4 Å². The zero-order valence-electron chi connectivity index (χ0n) is 12.8. The molecule has 2 unspecified atom stereocenters. The SMILES string of the molecule is O=C(O)C1CC1C(=O)NCC1(c2ccc(F)cc2)CCOCC1. The van der Waals surface area contributed by atoms with Crippen LogP contribution in [0.3, 0.4) is 0 Å². The van der Waals surface area contributed by atoms with Gasteiger partial charge in [0.15, 0.2) is 0 Å². The number of rotatable bonds is 5. The van der Waals surface area contributed by atoms with E-state index in [1.165, 1.54) is 12.1 Å². The predicted octanol–water partition coefficient (Wildman–Crippen LogP) is 1.71. The van der Waals surface area contributed by atoms with Crippen LogP contribution in [0.15, 0.2) is 24.3 Å². The van der Waals surface area contributed by atoms with E-state index in [1.807, 2.05) is 0 Å². The highest BCUT2D eigenvalue weighted by Crippen LogP contribution is 2.39. The molecule has 2 N–H and O–H groups in total. The number of halogens is 1. The molecule has 1 aromatic carbocycles. The number of carbonyl (C=O) groups is 2. The molecule has 0 aromatic heterocycles. The number of nitrogens with one attached hydrogen (secondary N) is 1.